The van der Waals surface area contributed by atoms with Crippen LogP contribution < -0.4 is 10.0 Å². The first-order valence-electron chi connectivity index (χ1n) is 6.37. The lowest BCUT2D eigenvalue weighted by Crippen LogP contribution is -2.36. The van der Waals surface area contributed by atoms with Crippen LogP contribution in [0.25, 0.3) is 0 Å². The Kier molecular flexibility index (Phi) is 4.43. The van der Waals surface area contributed by atoms with Gasteiger partial charge in [-0.05, 0) is 37.7 Å². The number of rotatable bonds is 5. The smallest absolute Gasteiger partial charge is 0.242 e. The Balaban J connectivity index is 2.14. The topological polar surface area (TPSA) is 58.2 Å². The van der Waals surface area contributed by atoms with Gasteiger partial charge in [-0.15, -0.1) is 0 Å². The van der Waals surface area contributed by atoms with Crippen molar-refractivity contribution >= 4 is 27.5 Å². The third-order valence-corrected chi connectivity index (χ3v) is 6.38. The van der Waals surface area contributed by atoms with Gasteiger partial charge >= 0.3 is 0 Å². The number of sulfonamides is 1. The van der Waals surface area contributed by atoms with Crippen molar-refractivity contribution in [2.75, 3.05) is 24.7 Å². The molecule has 0 aromatic heterocycles. The van der Waals surface area contributed by atoms with Crippen LogP contribution in [-0.4, -0.2) is 32.5 Å². The highest BCUT2D eigenvalue weighted by Crippen LogP contribution is 2.37. The summed E-state index contributed by atoms with van der Waals surface area (Å²) in [5, 5.41) is 2.91. The summed E-state index contributed by atoms with van der Waals surface area (Å²) in [6.07, 6.45) is 2.23. The minimum atomic E-state index is -3.45. The summed E-state index contributed by atoms with van der Waals surface area (Å²) < 4.78 is 27.5. The Hall–Kier alpha value is -0.720. The zero-order valence-corrected chi connectivity index (χ0v) is 12.9. The number of benzene rings is 1. The molecule has 0 spiro atoms. The van der Waals surface area contributed by atoms with Crippen molar-refractivity contribution in [3.8, 4) is 0 Å². The summed E-state index contributed by atoms with van der Waals surface area (Å²) >= 11 is 1.85. The molecule has 1 atom stereocenters. The fourth-order valence-corrected chi connectivity index (χ4v) is 4.93. The summed E-state index contributed by atoms with van der Waals surface area (Å²) in [4.78, 5) is 0.309. The van der Waals surface area contributed by atoms with Crippen LogP contribution in [-0.2, 0) is 10.0 Å². The van der Waals surface area contributed by atoms with E-state index in [1.54, 1.807) is 25.2 Å². The number of hydrogen-bond acceptors (Lipinski definition) is 4. The van der Waals surface area contributed by atoms with Crippen LogP contribution >= 0.6 is 11.8 Å². The Morgan fingerprint density at radius 2 is 2.11 bits per heavy atom. The third-order valence-electron chi connectivity index (χ3n) is 3.38. The molecule has 0 saturated carbocycles. The van der Waals surface area contributed by atoms with Gasteiger partial charge in [0, 0.05) is 18.3 Å². The number of hydrogen-bond donors (Lipinski definition) is 2. The molecule has 1 aliphatic heterocycles. The van der Waals surface area contributed by atoms with Gasteiger partial charge in [0.2, 0.25) is 10.0 Å². The Morgan fingerprint density at radius 3 is 2.74 bits per heavy atom. The van der Waals surface area contributed by atoms with E-state index in [4.69, 9.17) is 0 Å². The fourth-order valence-electron chi connectivity index (χ4n) is 2.21. The zero-order chi connectivity index (χ0) is 13.9. The second-order valence-corrected chi connectivity index (χ2v) is 8.39. The van der Waals surface area contributed by atoms with Crippen LogP contribution in [0.15, 0.2) is 29.2 Å². The van der Waals surface area contributed by atoms with Crippen LogP contribution in [0.4, 0.5) is 5.69 Å². The normalized spacial score (nSPS) is 23.5. The van der Waals surface area contributed by atoms with Crippen molar-refractivity contribution in [1.29, 1.82) is 0 Å². The standard InChI is InChI=1S/C13H20N2O2S2/c1-13(8-5-9-18-13)10-15-19(16,17)12-7-4-3-6-11(12)14-2/h3-4,6-7,14-15H,5,8-10H2,1-2H3. The number of anilines is 1. The third kappa shape index (κ3) is 3.43. The predicted molar refractivity (Wildman–Crippen MR) is 81.3 cm³/mol. The summed E-state index contributed by atoms with van der Waals surface area (Å²) in [5.74, 6) is 1.12. The minimum absolute atomic E-state index is 0.0294. The van der Waals surface area contributed by atoms with Crippen molar-refractivity contribution in [3.63, 3.8) is 0 Å². The van der Waals surface area contributed by atoms with Gasteiger partial charge in [0.15, 0.2) is 0 Å². The van der Waals surface area contributed by atoms with Gasteiger partial charge in [0.25, 0.3) is 0 Å². The van der Waals surface area contributed by atoms with Crippen molar-refractivity contribution < 1.29 is 8.42 Å². The van der Waals surface area contributed by atoms with E-state index < -0.39 is 10.0 Å². The van der Waals surface area contributed by atoms with E-state index >= 15 is 0 Å². The van der Waals surface area contributed by atoms with Gasteiger partial charge in [-0.25, -0.2) is 13.1 Å². The highest BCUT2D eigenvalue weighted by molar-refractivity contribution is 8.01. The highest BCUT2D eigenvalue weighted by atomic mass is 32.2. The number of nitrogens with one attached hydrogen (secondary N) is 2. The first kappa shape index (κ1) is 14.7. The molecule has 1 fully saturated rings. The van der Waals surface area contributed by atoms with E-state index in [0.717, 1.165) is 18.6 Å². The second-order valence-electron chi connectivity index (χ2n) is 4.97. The van der Waals surface area contributed by atoms with Crippen LogP contribution in [0.1, 0.15) is 19.8 Å². The fraction of sp³-hybridized carbons (Fsp3) is 0.538. The summed E-state index contributed by atoms with van der Waals surface area (Å²) in [5.41, 5.74) is 0.624. The molecular formula is C13H20N2O2S2. The van der Waals surface area contributed by atoms with Gasteiger partial charge in [-0.1, -0.05) is 12.1 Å². The lowest BCUT2D eigenvalue weighted by molar-refractivity contribution is 0.552. The van der Waals surface area contributed by atoms with E-state index in [2.05, 4.69) is 17.0 Å². The molecule has 1 aromatic carbocycles. The van der Waals surface area contributed by atoms with Crippen molar-refractivity contribution in [1.82, 2.24) is 4.72 Å². The molecule has 2 N–H and O–H groups in total. The summed E-state index contributed by atoms with van der Waals surface area (Å²) in [6, 6.07) is 6.94. The maximum Gasteiger partial charge on any atom is 0.242 e. The molecule has 6 heteroatoms. The molecule has 0 aliphatic carbocycles. The predicted octanol–water partition coefficient (Wildman–Crippen LogP) is 2.29. The minimum Gasteiger partial charge on any atom is -0.387 e. The van der Waals surface area contributed by atoms with Crippen LogP contribution in [0.3, 0.4) is 0 Å². The molecule has 0 bridgehead atoms. The SMILES string of the molecule is CNc1ccccc1S(=O)(=O)NCC1(C)CCCS1. The quantitative estimate of drug-likeness (QED) is 0.876. The monoisotopic (exact) mass is 300 g/mol. The van der Waals surface area contributed by atoms with E-state index in [1.165, 1.54) is 0 Å². The molecule has 1 unspecified atom stereocenters. The Labute approximate surface area is 119 Å². The van der Waals surface area contributed by atoms with Crippen molar-refractivity contribution in [3.05, 3.63) is 24.3 Å². The maximum absolute atomic E-state index is 12.4. The van der Waals surface area contributed by atoms with E-state index in [0.29, 0.717) is 17.1 Å². The Morgan fingerprint density at radius 1 is 1.37 bits per heavy atom. The van der Waals surface area contributed by atoms with Gasteiger partial charge in [-0.2, -0.15) is 11.8 Å². The molecule has 2 rings (SSSR count). The second kappa shape index (κ2) is 5.73. The molecule has 1 heterocycles. The first-order valence-corrected chi connectivity index (χ1v) is 8.84. The number of para-hydroxylation sites is 1. The van der Waals surface area contributed by atoms with Crippen LogP contribution in [0.2, 0.25) is 0 Å². The van der Waals surface area contributed by atoms with Crippen LogP contribution in [0, 0.1) is 0 Å². The molecule has 0 radical (unpaired) electrons. The first-order chi connectivity index (χ1) is 8.97. The average molecular weight is 300 g/mol. The van der Waals surface area contributed by atoms with Crippen molar-refractivity contribution in [2.45, 2.75) is 29.4 Å². The molecule has 4 nitrogen and oxygen atoms in total. The van der Waals surface area contributed by atoms with Gasteiger partial charge in [0.05, 0.1) is 5.69 Å². The molecule has 0 amide bonds. The van der Waals surface area contributed by atoms with E-state index in [-0.39, 0.29) is 4.75 Å². The molecule has 106 valence electrons. The average Bonchev–Trinajstić information content (AvgIpc) is 2.84. The lowest BCUT2D eigenvalue weighted by Gasteiger charge is -2.23. The van der Waals surface area contributed by atoms with Gasteiger partial charge in [0.1, 0.15) is 4.90 Å². The zero-order valence-electron chi connectivity index (χ0n) is 11.3. The Bertz CT molecular complexity index is 537. The summed E-state index contributed by atoms with van der Waals surface area (Å²) in [7, 11) is -1.73. The van der Waals surface area contributed by atoms with Crippen LogP contribution in [0.5, 0.6) is 0 Å². The van der Waals surface area contributed by atoms with E-state index in [1.807, 2.05) is 17.8 Å². The largest absolute Gasteiger partial charge is 0.387 e. The maximum atomic E-state index is 12.4. The molecule has 1 aromatic rings. The molecule has 1 aliphatic rings. The molecule has 1 saturated heterocycles. The molecule has 19 heavy (non-hydrogen) atoms. The van der Waals surface area contributed by atoms with Crippen molar-refractivity contribution in [2.24, 2.45) is 0 Å². The van der Waals surface area contributed by atoms with Gasteiger partial charge in [-0.3, -0.25) is 0 Å². The number of thioether (sulfide) groups is 1. The highest BCUT2D eigenvalue weighted by Gasteiger charge is 2.31. The van der Waals surface area contributed by atoms with Gasteiger partial charge < -0.3 is 5.32 Å². The lowest BCUT2D eigenvalue weighted by atomic mass is 10.1. The molecular weight excluding hydrogens is 280 g/mol. The summed E-state index contributed by atoms with van der Waals surface area (Å²) in [6.45, 7) is 2.61. The van der Waals surface area contributed by atoms with E-state index in [9.17, 15) is 8.42 Å².